The molecule has 7 heteroatoms. The number of carbonyl (C=O) groups excluding carboxylic acids is 1. The van der Waals surface area contributed by atoms with Crippen LogP contribution in [0.3, 0.4) is 0 Å². The molecule has 0 radical (unpaired) electrons. The lowest BCUT2D eigenvalue weighted by Crippen LogP contribution is -2.37. The largest absolute Gasteiger partial charge is 0.497 e. The van der Waals surface area contributed by atoms with Gasteiger partial charge in [0.15, 0.2) is 0 Å². The van der Waals surface area contributed by atoms with E-state index < -0.39 is 16.1 Å². The van der Waals surface area contributed by atoms with E-state index >= 15 is 0 Å². The Labute approximate surface area is 147 Å². The molecule has 1 atom stereocenters. The first-order chi connectivity index (χ1) is 11.9. The fourth-order valence-corrected chi connectivity index (χ4v) is 4.05. The Hall–Kier alpha value is -2.38. The van der Waals surface area contributed by atoms with Crippen LogP contribution in [0, 0.1) is 6.92 Å². The minimum atomic E-state index is -3.66. The molecule has 2 aromatic rings. The first kappa shape index (κ1) is 17.4. The zero-order valence-corrected chi connectivity index (χ0v) is 14.9. The van der Waals surface area contributed by atoms with Crippen LogP contribution in [-0.2, 0) is 14.8 Å². The second-order valence-electron chi connectivity index (χ2n) is 6.04. The van der Waals surface area contributed by atoms with Gasteiger partial charge in [0, 0.05) is 30.8 Å². The molecule has 2 aromatic carbocycles. The van der Waals surface area contributed by atoms with E-state index in [0.29, 0.717) is 11.4 Å². The van der Waals surface area contributed by atoms with E-state index in [9.17, 15) is 13.2 Å². The SMILES string of the molecule is COc1cccc(N2CC(NS(=O)(=O)c3ccc(C)cc3)CC2=O)c1. The van der Waals surface area contributed by atoms with Crippen molar-refractivity contribution in [1.29, 1.82) is 0 Å². The van der Waals surface area contributed by atoms with Crippen LogP contribution >= 0.6 is 0 Å². The summed E-state index contributed by atoms with van der Waals surface area (Å²) in [6.07, 6.45) is 0.127. The van der Waals surface area contributed by atoms with Gasteiger partial charge in [-0.25, -0.2) is 13.1 Å². The number of ether oxygens (including phenoxy) is 1. The van der Waals surface area contributed by atoms with Gasteiger partial charge < -0.3 is 9.64 Å². The highest BCUT2D eigenvalue weighted by atomic mass is 32.2. The molecule has 0 bridgehead atoms. The summed E-state index contributed by atoms with van der Waals surface area (Å²) in [6, 6.07) is 13.3. The number of rotatable bonds is 5. The number of hydrogen-bond acceptors (Lipinski definition) is 4. The third-order valence-corrected chi connectivity index (χ3v) is 5.68. The van der Waals surface area contributed by atoms with Gasteiger partial charge in [-0.2, -0.15) is 0 Å². The van der Waals surface area contributed by atoms with Gasteiger partial charge >= 0.3 is 0 Å². The van der Waals surface area contributed by atoms with E-state index in [2.05, 4.69) is 4.72 Å². The number of nitrogens with one attached hydrogen (secondary N) is 1. The molecule has 0 saturated carbocycles. The zero-order chi connectivity index (χ0) is 18.0. The third-order valence-electron chi connectivity index (χ3n) is 4.14. The minimum absolute atomic E-state index is 0.121. The van der Waals surface area contributed by atoms with E-state index in [0.717, 1.165) is 5.56 Å². The molecule has 1 aliphatic rings. The Morgan fingerprint density at radius 1 is 1.16 bits per heavy atom. The fourth-order valence-electron chi connectivity index (χ4n) is 2.82. The van der Waals surface area contributed by atoms with E-state index in [-0.39, 0.29) is 23.8 Å². The molecule has 0 spiro atoms. The number of sulfonamides is 1. The van der Waals surface area contributed by atoms with Crippen LogP contribution in [0.15, 0.2) is 53.4 Å². The van der Waals surface area contributed by atoms with Gasteiger partial charge in [0.25, 0.3) is 0 Å². The molecule has 1 heterocycles. The Morgan fingerprint density at radius 2 is 1.88 bits per heavy atom. The molecule has 0 aliphatic carbocycles. The summed E-state index contributed by atoms with van der Waals surface area (Å²) >= 11 is 0. The molecule has 1 aliphatic heterocycles. The maximum Gasteiger partial charge on any atom is 0.240 e. The topological polar surface area (TPSA) is 75.7 Å². The highest BCUT2D eigenvalue weighted by Crippen LogP contribution is 2.26. The standard InChI is InChI=1S/C18H20N2O4S/c1-13-6-8-17(9-7-13)25(22,23)19-14-10-18(21)20(12-14)15-4-3-5-16(11-15)24-2/h3-9,11,14,19H,10,12H2,1-2H3. The first-order valence-electron chi connectivity index (χ1n) is 7.92. The number of carbonyl (C=O) groups is 1. The van der Waals surface area contributed by atoms with Gasteiger partial charge in [-0.3, -0.25) is 4.79 Å². The highest BCUT2D eigenvalue weighted by molar-refractivity contribution is 7.89. The lowest BCUT2D eigenvalue weighted by atomic mass is 10.2. The van der Waals surface area contributed by atoms with Gasteiger partial charge in [0.1, 0.15) is 5.75 Å². The van der Waals surface area contributed by atoms with Crippen LogP contribution in [0.2, 0.25) is 0 Å². The number of anilines is 1. The monoisotopic (exact) mass is 360 g/mol. The smallest absolute Gasteiger partial charge is 0.240 e. The second kappa shape index (κ2) is 6.85. The molecule has 3 rings (SSSR count). The number of nitrogens with zero attached hydrogens (tertiary/aromatic N) is 1. The van der Waals surface area contributed by atoms with E-state index in [1.54, 1.807) is 60.5 Å². The molecular formula is C18H20N2O4S. The molecule has 1 N–H and O–H groups in total. The molecule has 1 fully saturated rings. The van der Waals surface area contributed by atoms with Crippen LogP contribution in [-0.4, -0.2) is 34.0 Å². The predicted octanol–water partition coefficient (Wildman–Crippen LogP) is 2.09. The van der Waals surface area contributed by atoms with Gasteiger partial charge in [0.2, 0.25) is 15.9 Å². The summed E-state index contributed by atoms with van der Waals surface area (Å²) in [5.74, 6) is 0.527. The van der Waals surface area contributed by atoms with Crippen LogP contribution in [0.1, 0.15) is 12.0 Å². The summed E-state index contributed by atoms with van der Waals surface area (Å²) in [4.78, 5) is 14.1. The summed E-state index contributed by atoms with van der Waals surface area (Å²) in [5.41, 5.74) is 1.68. The molecular weight excluding hydrogens is 340 g/mol. The molecule has 6 nitrogen and oxygen atoms in total. The Morgan fingerprint density at radius 3 is 2.56 bits per heavy atom. The van der Waals surface area contributed by atoms with Crippen molar-refractivity contribution in [2.45, 2.75) is 24.3 Å². The normalized spacial score (nSPS) is 17.8. The predicted molar refractivity (Wildman–Crippen MR) is 95.3 cm³/mol. The van der Waals surface area contributed by atoms with Crippen molar-refractivity contribution in [2.75, 3.05) is 18.6 Å². The number of methoxy groups -OCH3 is 1. The fraction of sp³-hybridized carbons (Fsp3) is 0.278. The van der Waals surface area contributed by atoms with Crippen LogP contribution in [0.4, 0.5) is 5.69 Å². The van der Waals surface area contributed by atoms with Crippen molar-refractivity contribution in [2.24, 2.45) is 0 Å². The summed E-state index contributed by atoms with van der Waals surface area (Å²) < 4.78 is 32.8. The Balaban J connectivity index is 1.75. The molecule has 1 amide bonds. The van der Waals surface area contributed by atoms with E-state index in [1.807, 2.05) is 6.92 Å². The van der Waals surface area contributed by atoms with Crippen molar-refractivity contribution in [3.8, 4) is 5.75 Å². The summed E-state index contributed by atoms with van der Waals surface area (Å²) in [7, 11) is -2.10. The van der Waals surface area contributed by atoms with Gasteiger partial charge in [-0.05, 0) is 31.2 Å². The number of benzene rings is 2. The van der Waals surface area contributed by atoms with E-state index in [4.69, 9.17) is 4.74 Å². The number of aryl methyl sites for hydroxylation is 1. The number of amides is 1. The van der Waals surface area contributed by atoms with Crippen LogP contribution < -0.4 is 14.4 Å². The maximum atomic E-state index is 12.5. The van der Waals surface area contributed by atoms with Gasteiger partial charge in [-0.15, -0.1) is 0 Å². The zero-order valence-electron chi connectivity index (χ0n) is 14.1. The lowest BCUT2D eigenvalue weighted by molar-refractivity contribution is -0.117. The average molecular weight is 360 g/mol. The van der Waals surface area contributed by atoms with Gasteiger partial charge in [-0.1, -0.05) is 23.8 Å². The number of hydrogen-bond donors (Lipinski definition) is 1. The minimum Gasteiger partial charge on any atom is -0.497 e. The van der Waals surface area contributed by atoms with Crippen LogP contribution in [0.5, 0.6) is 5.75 Å². The molecule has 1 saturated heterocycles. The average Bonchev–Trinajstić information content (AvgIpc) is 2.95. The molecule has 0 aromatic heterocycles. The molecule has 1 unspecified atom stereocenters. The third kappa shape index (κ3) is 3.83. The van der Waals surface area contributed by atoms with Gasteiger partial charge in [0.05, 0.1) is 12.0 Å². The second-order valence-corrected chi connectivity index (χ2v) is 7.76. The lowest BCUT2D eigenvalue weighted by Gasteiger charge is -2.18. The summed E-state index contributed by atoms with van der Waals surface area (Å²) in [6.45, 7) is 2.18. The van der Waals surface area contributed by atoms with Crippen LogP contribution in [0.25, 0.3) is 0 Å². The highest BCUT2D eigenvalue weighted by Gasteiger charge is 2.33. The molecule has 132 valence electrons. The summed E-state index contributed by atoms with van der Waals surface area (Å²) in [5, 5.41) is 0. The van der Waals surface area contributed by atoms with E-state index in [1.165, 1.54) is 0 Å². The van der Waals surface area contributed by atoms with Crippen molar-refractivity contribution in [3.63, 3.8) is 0 Å². The van der Waals surface area contributed by atoms with Crippen molar-refractivity contribution in [1.82, 2.24) is 4.72 Å². The molecule has 25 heavy (non-hydrogen) atoms. The Bertz CT molecular complexity index is 878. The first-order valence-corrected chi connectivity index (χ1v) is 9.41. The Kier molecular flexibility index (Phi) is 4.78. The maximum absolute atomic E-state index is 12.5. The van der Waals surface area contributed by atoms with Crippen molar-refractivity contribution < 1.29 is 17.9 Å². The van der Waals surface area contributed by atoms with Crippen molar-refractivity contribution >= 4 is 21.6 Å². The van der Waals surface area contributed by atoms with Crippen molar-refractivity contribution in [3.05, 3.63) is 54.1 Å². The quantitative estimate of drug-likeness (QED) is 0.886.